The summed E-state index contributed by atoms with van der Waals surface area (Å²) in [6, 6.07) is 0.382. The van der Waals surface area contributed by atoms with E-state index in [4.69, 9.17) is 11.6 Å². The Balaban J connectivity index is 3.35. The van der Waals surface area contributed by atoms with Crippen LogP contribution in [0.2, 0.25) is 0 Å². The average molecular weight is 241 g/mol. The molecular formula is C7H4ClF3N2O2. The molecule has 0 aliphatic carbocycles. The van der Waals surface area contributed by atoms with Crippen LogP contribution in [0.3, 0.4) is 0 Å². The molecule has 0 fully saturated rings. The Kier molecular flexibility index (Phi) is 3.46. The van der Waals surface area contributed by atoms with Gasteiger partial charge in [0.2, 0.25) is 5.82 Å². The molecule has 0 saturated heterocycles. The molecule has 0 N–H and O–H groups in total. The third kappa shape index (κ3) is 2.35. The number of pyridine rings is 1. The summed E-state index contributed by atoms with van der Waals surface area (Å²) in [6.07, 6.45) is -2.97. The number of halogens is 4. The summed E-state index contributed by atoms with van der Waals surface area (Å²) in [5, 5.41) is 10.2. The first-order valence-corrected chi connectivity index (χ1v) is 4.18. The van der Waals surface area contributed by atoms with E-state index >= 15 is 0 Å². The van der Waals surface area contributed by atoms with Crippen molar-refractivity contribution in [1.29, 1.82) is 0 Å². The van der Waals surface area contributed by atoms with Crippen molar-refractivity contribution in [3.63, 3.8) is 0 Å². The van der Waals surface area contributed by atoms with Gasteiger partial charge in [-0.05, 0) is 16.0 Å². The minimum absolute atomic E-state index is 0.382. The Morgan fingerprint density at radius 1 is 1.60 bits per heavy atom. The number of nitro groups is 1. The lowest BCUT2D eigenvalue weighted by molar-refractivity contribution is -0.392. The van der Waals surface area contributed by atoms with Gasteiger partial charge >= 0.3 is 5.82 Å². The summed E-state index contributed by atoms with van der Waals surface area (Å²) >= 11 is 5.26. The number of hydrogen-bond donors (Lipinski definition) is 0. The Morgan fingerprint density at radius 2 is 2.20 bits per heavy atom. The molecule has 0 aromatic carbocycles. The van der Waals surface area contributed by atoms with E-state index in [0.717, 1.165) is 0 Å². The van der Waals surface area contributed by atoms with Gasteiger partial charge in [0.1, 0.15) is 0 Å². The van der Waals surface area contributed by atoms with Gasteiger partial charge in [0, 0.05) is 0 Å². The summed E-state index contributed by atoms with van der Waals surface area (Å²) < 4.78 is 37.5. The van der Waals surface area contributed by atoms with E-state index in [-0.39, 0.29) is 5.69 Å². The largest absolute Gasteiger partial charge is 0.400 e. The van der Waals surface area contributed by atoms with Gasteiger partial charge in [-0.2, -0.15) is 4.39 Å². The van der Waals surface area contributed by atoms with Crippen LogP contribution in [0.15, 0.2) is 6.07 Å². The van der Waals surface area contributed by atoms with E-state index in [1.807, 2.05) is 0 Å². The van der Waals surface area contributed by atoms with Crippen LogP contribution in [-0.4, -0.2) is 9.91 Å². The van der Waals surface area contributed by atoms with Crippen LogP contribution in [0.4, 0.5) is 19.0 Å². The monoisotopic (exact) mass is 240 g/mol. The van der Waals surface area contributed by atoms with Crippen LogP contribution in [0.25, 0.3) is 0 Å². The molecule has 0 bridgehead atoms. The first-order chi connectivity index (χ1) is 6.97. The second kappa shape index (κ2) is 4.43. The van der Waals surface area contributed by atoms with E-state index in [0.29, 0.717) is 6.07 Å². The van der Waals surface area contributed by atoms with Crippen molar-refractivity contribution in [2.24, 2.45) is 0 Å². The lowest BCUT2D eigenvalue weighted by Gasteiger charge is -2.02. The van der Waals surface area contributed by atoms with E-state index in [2.05, 4.69) is 4.98 Å². The fourth-order valence-corrected chi connectivity index (χ4v) is 1.17. The summed E-state index contributed by atoms with van der Waals surface area (Å²) in [6.45, 7) is 0. The minimum atomic E-state index is -2.97. The van der Waals surface area contributed by atoms with Gasteiger partial charge in [-0.1, -0.05) is 0 Å². The van der Waals surface area contributed by atoms with Crippen molar-refractivity contribution in [2.45, 2.75) is 12.3 Å². The Bertz CT molecular complexity index is 400. The molecule has 0 aliphatic rings. The highest BCUT2D eigenvalue weighted by Crippen LogP contribution is 2.27. The summed E-state index contributed by atoms with van der Waals surface area (Å²) in [7, 11) is 0. The van der Waals surface area contributed by atoms with E-state index in [1.54, 1.807) is 0 Å². The highest BCUT2D eigenvalue weighted by Gasteiger charge is 2.25. The standard InChI is InChI=1S/C7H4ClF3N2O2/c8-2-5-3(6(10)11)1-4(9)7(12-5)13(14)15/h1,6H,2H2. The molecule has 0 atom stereocenters. The maximum absolute atomic E-state index is 12.9. The fourth-order valence-electron chi connectivity index (χ4n) is 0.954. The summed E-state index contributed by atoms with van der Waals surface area (Å²) in [4.78, 5) is 12.3. The average Bonchev–Trinajstić information content (AvgIpc) is 2.16. The lowest BCUT2D eigenvalue weighted by atomic mass is 10.2. The summed E-state index contributed by atoms with van der Waals surface area (Å²) in [5.74, 6) is -2.94. The number of alkyl halides is 3. The fraction of sp³-hybridized carbons (Fsp3) is 0.286. The molecule has 1 heterocycles. The third-order valence-electron chi connectivity index (χ3n) is 1.60. The van der Waals surface area contributed by atoms with Crippen LogP contribution in [0, 0.1) is 15.9 Å². The van der Waals surface area contributed by atoms with Gasteiger partial charge in [-0.3, -0.25) is 0 Å². The van der Waals surface area contributed by atoms with Gasteiger partial charge in [0.05, 0.1) is 11.4 Å². The molecule has 0 radical (unpaired) electrons. The van der Waals surface area contributed by atoms with Gasteiger partial charge < -0.3 is 10.1 Å². The maximum Gasteiger partial charge on any atom is 0.400 e. The lowest BCUT2D eigenvalue weighted by Crippen LogP contribution is -2.03. The molecule has 1 rings (SSSR count). The zero-order chi connectivity index (χ0) is 11.6. The van der Waals surface area contributed by atoms with Crippen LogP contribution in [0.1, 0.15) is 17.7 Å². The number of hydrogen-bond acceptors (Lipinski definition) is 3. The number of nitrogens with zero attached hydrogens (tertiary/aromatic N) is 2. The van der Waals surface area contributed by atoms with Crippen LogP contribution >= 0.6 is 11.6 Å². The van der Waals surface area contributed by atoms with Gasteiger partial charge in [0.25, 0.3) is 6.43 Å². The van der Waals surface area contributed by atoms with E-state index in [9.17, 15) is 23.3 Å². The second-order valence-corrected chi connectivity index (χ2v) is 2.79. The normalized spacial score (nSPS) is 10.7. The smallest absolute Gasteiger partial charge is 0.358 e. The molecule has 1 aromatic heterocycles. The van der Waals surface area contributed by atoms with E-state index < -0.39 is 34.4 Å². The molecule has 0 amide bonds. The molecule has 4 nitrogen and oxygen atoms in total. The first kappa shape index (κ1) is 11.7. The van der Waals surface area contributed by atoms with Crippen molar-refractivity contribution in [3.8, 4) is 0 Å². The molecule has 15 heavy (non-hydrogen) atoms. The van der Waals surface area contributed by atoms with Crippen LogP contribution < -0.4 is 0 Å². The highest BCUT2D eigenvalue weighted by atomic mass is 35.5. The van der Waals surface area contributed by atoms with Crippen molar-refractivity contribution in [2.75, 3.05) is 0 Å². The summed E-state index contributed by atoms with van der Waals surface area (Å²) in [5.41, 5.74) is -1.12. The molecular weight excluding hydrogens is 237 g/mol. The molecule has 82 valence electrons. The molecule has 8 heteroatoms. The Hall–Kier alpha value is -1.37. The van der Waals surface area contributed by atoms with Crippen molar-refractivity contribution in [3.05, 3.63) is 33.3 Å². The zero-order valence-electron chi connectivity index (χ0n) is 7.08. The van der Waals surface area contributed by atoms with Crippen molar-refractivity contribution in [1.82, 2.24) is 4.98 Å². The Labute approximate surface area is 86.8 Å². The predicted molar refractivity (Wildman–Crippen MR) is 45.4 cm³/mol. The number of aromatic nitrogens is 1. The first-order valence-electron chi connectivity index (χ1n) is 3.65. The van der Waals surface area contributed by atoms with Gasteiger partial charge in [0.15, 0.2) is 5.69 Å². The van der Waals surface area contributed by atoms with Crippen LogP contribution in [0.5, 0.6) is 0 Å². The SMILES string of the molecule is O=[N+]([O-])c1nc(CCl)c(C(F)F)cc1F. The minimum Gasteiger partial charge on any atom is -0.358 e. The van der Waals surface area contributed by atoms with Crippen molar-refractivity contribution < 1.29 is 18.1 Å². The highest BCUT2D eigenvalue weighted by molar-refractivity contribution is 6.17. The molecule has 0 aliphatic heterocycles. The maximum atomic E-state index is 12.9. The molecule has 0 unspecified atom stereocenters. The molecule has 0 spiro atoms. The van der Waals surface area contributed by atoms with E-state index in [1.165, 1.54) is 0 Å². The van der Waals surface area contributed by atoms with Gasteiger partial charge in [-0.15, -0.1) is 11.6 Å². The Morgan fingerprint density at radius 3 is 2.60 bits per heavy atom. The zero-order valence-corrected chi connectivity index (χ0v) is 7.84. The van der Waals surface area contributed by atoms with Crippen LogP contribution in [-0.2, 0) is 5.88 Å². The molecule has 0 saturated carbocycles. The van der Waals surface area contributed by atoms with Crippen molar-refractivity contribution >= 4 is 17.4 Å². The molecule has 1 aromatic rings. The second-order valence-electron chi connectivity index (χ2n) is 2.52. The number of rotatable bonds is 3. The van der Waals surface area contributed by atoms with Gasteiger partial charge in [-0.25, -0.2) is 8.78 Å². The quantitative estimate of drug-likeness (QED) is 0.464. The third-order valence-corrected chi connectivity index (χ3v) is 1.86. The topological polar surface area (TPSA) is 56.0 Å². The predicted octanol–water partition coefficient (Wildman–Crippen LogP) is 2.81.